The second-order valence-corrected chi connectivity index (χ2v) is 8.92. The van der Waals surface area contributed by atoms with E-state index in [1.165, 1.54) is 48.9 Å². The number of aryl methyl sites for hydroxylation is 1. The number of aromatic nitrogens is 2. The molecule has 2 heterocycles. The van der Waals surface area contributed by atoms with Crippen LogP contribution < -0.4 is 11.1 Å². The second kappa shape index (κ2) is 9.60. The van der Waals surface area contributed by atoms with E-state index in [1.54, 1.807) is 12.1 Å². The summed E-state index contributed by atoms with van der Waals surface area (Å²) in [6.07, 6.45) is 8.04. The first-order valence-electron chi connectivity index (χ1n) is 11.6. The zero-order valence-corrected chi connectivity index (χ0v) is 18.8. The number of nitrogens with zero attached hydrogens (tertiary/aromatic N) is 5. The van der Waals surface area contributed by atoms with Gasteiger partial charge in [0.05, 0.1) is 11.4 Å². The molecule has 32 heavy (non-hydrogen) atoms. The van der Waals surface area contributed by atoms with Gasteiger partial charge in [0.1, 0.15) is 23.3 Å². The number of nitrogens with one attached hydrogen (secondary N) is 1. The molecule has 1 aliphatic heterocycles. The molecule has 8 heteroatoms. The van der Waals surface area contributed by atoms with Crippen LogP contribution in [-0.2, 0) is 6.42 Å². The average Bonchev–Trinajstić information content (AvgIpc) is 3.51. The Hall–Kier alpha value is -3.08. The van der Waals surface area contributed by atoms with E-state index in [0.29, 0.717) is 35.3 Å². The molecule has 0 unspecified atom stereocenters. The summed E-state index contributed by atoms with van der Waals surface area (Å²) in [5.74, 6) is 0.949. The number of anilines is 1. The molecular weight excluding hydrogens is 405 g/mol. The van der Waals surface area contributed by atoms with E-state index in [-0.39, 0.29) is 11.6 Å². The van der Waals surface area contributed by atoms with Crippen LogP contribution in [-0.4, -0.2) is 46.8 Å². The lowest BCUT2D eigenvalue weighted by Crippen LogP contribution is -2.41. The highest BCUT2D eigenvalue weighted by Crippen LogP contribution is 2.45. The number of benzene rings is 1. The lowest BCUT2D eigenvalue weighted by atomic mass is 9.86. The van der Waals surface area contributed by atoms with Crippen molar-refractivity contribution in [1.82, 2.24) is 20.0 Å². The molecule has 170 valence electrons. The van der Waals surface area contributed by atoms with Gasteiger partial charge in [-0.2, -0.15) is 10.4 Å². The van der Waals surface area contributed by atoms with Crippen molar-refractivity contribution in [2.45, 2.75) is 51.9 Å². The molecule has 1 spiro atoms. The number of halogens is 1. The number of nitrogens with two attached hydrogens (primary N) is 1. The summed E-state index contributed by atoms with van der Waals surface area (Å²) >= 11 is 0. The van der Waals surface area contributed by atoms with Gasteiger partial charge in [0, 0.05) is 26.2 Å². The Morgan fingerprint density at radius 1 is 1.28 bits per heavy atom. The van der Waals surface area contributed by atoms with E-state index in [9.17, 15) is 9.65 Å². The normalized spacial score (nSPS) is 17.8. The molecule has 7 nitrogen and oxygen atoms in total. The van der Waals surface area contributed by atoms with Crippen LogP contribution in [0.25, 0.3) is 5.69 Å². The third kappa shape index (κ3) is 4.57. The van der Waals surface area contributed by atoms with Crippen LogP contribution in [0.1, 0.15) is 56.7 Å². The Bertz CT molecular complexity index is 997. The van der Waals surface area contributed by atoms with E-state index in [2.05, 4.69) is 28.3 Å². The van der Waals surface area contributed by atoms with Gasteiger partial charge in [0.25, 0.3) is 0 Å². The molecule has 1 aliphatic carbocycles. The van der Waals surface area contributed by atoms with Gasteiger partial charge in [-0.15, -0.1) is 0 Å². The van der Waals surface area contributed by atoms with Gasteiger partial charge in [-0.05, 0) is 68.7 Å². The van der Waals surface area contributed by atoms with Gasteiger partial charge in [0.2, 0.25) is 0 Å². The van der Waals surface area contributed by atoms with Crippen molar-refractivity contribution >= 4 is 11.8 Å². The highest BCUT2D eigenvalue weighted by Gasteiger charge is 2.41. The molecule has 0 atom stereocenters. The van der Waals surface area contributed by atoms with Crippen LogP contribution in [0.3, 0.4) is 0 Å². The molecule has 1 aromatic heterocycles. The first-order chi connectivity index (χ1) is 15.5. The molecule has 2 aromatic rings. The van der Waals surface area contributed by atoms with Crippen molar-refractivity contribution in [2.24, 2.45) is 10.4 Å². The summed E-state index contributed by atoms with van der Waals surface area (Å²) in [7, 11) is 0. The van der Waals surface area contributed by atoms with Crippen LogP contribution in [0.15, 0.2) is 29.3 Å². The minimum absolute atomic E-state index is 0.282. The number of likely N-dealkylation sites (tertiary alicyclic amines) is 1. The van der Waals surface area contributed by atoms with Gasteiger partial charge in [-0.1, -0.05) is 12.8 Å². The molecular formula is C24H32FN7. The standard InChI is InChI=1S/C24H32FN7/c1-2-28-23(31-15-13-24(17-31)11-3-4-12-24)29-14-5-6-21-20(16-26)22(27)32(30-21)19-9-7-18(25)8-10-19/h7-10H,2-6,11-15,17,27H2,1H3,(H,28,29). The van der Waals surface area contributed by atoms with Crippen molar-refractivity contribution < 1.29 is 4.39 Å². The van der Waals surface area contributed by atoms with Crippen LogP contribution in [0.4, 0.5) is 10.2 Å². The Balaban J connectivity index is 1.40. The minimum Gasteiger partial charge on any atom is -0.382 e. The molecule has 1 saturated heterocycles. The zero-order chi connectivity index (χ0) is 22.6. The topological polar surface area (TPSA) is 95.3 Å². The average molecular weight is 438 g/mol. The second-order valence-electron chi connectivity index (χ2n) is 8.92. The Kier molecular flexibility index (Phi) is 6.63. The third-order valence-electron chi connectivity index (χ3n) is 6.75. The number of hydrogen-bond acceptors (Lipinski definition) is 4. The summed E-state index contributed by atoms with van der Waals surface area (Å²) in [6.45, 7) is 5.78. The van der Waals surface area contributed by atoms with Crippen molar-refractivity contribution in [3.05, 3.63) is 41.3 Å². The van der Waals surface area contributed by atoms with Crippen LogP contribution >= 0.6 is 0 Å². The van der Waals surface area contributed by atoms with Gasteiger partial charge >= 0.3 is 0 Å². The van der Waals surface area contributed by atoms with Gasteiger partial charge in [0.15, 0.2) is 5.96 Å². The number of nitrogen functional groups attached to an aromatic ring is 1. The summed E-state index contributed by atoms with van der Waals surface area (Å²) < 4.78 is 14.7. The number of nitriles is 1. The van der Waals surface area contributed by atoms with E-state index in [0.717, 1.165) is 32.0 Å². The van der Waals surface area contributed by atoms with Crippen LogP contribution in [0.5, 0.6) is 0 Å². The Labute approximate surface area is 189 Å². The van der Waals surface area contributed by atoms with Gasteiger partial charge in [-0.25, -0.2) is 9.07 Å². The Morgan fingerprint density at radius 3 is 2.72 bits per heavy atom. The number of guanidine groups is 1. The van der Waals surface area contributed by atoms with E-state index < -0.39 is 0 Å². The maximum atomic E-state index is 13.2. The molecule has 0 bridgehead atoms. The third-order valence-corrected chi connectivity index (χ3v) is 6.75. The summed E-state index contributed by atoms with van der Waals surface area (Å²) in [4.78, 5) is 7.27. The summed E-state index contributed by atoms with van der Waals surface area (Å²) in [5.41, 5.74) is 8.33. The van der Waals surface area contributed by atoms with Crippen LogP contribution in [0, 0.1) is 22.6 Å². The van der Waals surface area contributed by atoms with E-state index >= 15 is 0 Å². The summed E-state index contributed by atoms with van der Waals surface area (Å²) in [5, 5.41) is 17.6. The largest absolute Gasteiger partial charge is 0.382 e. The van der Waals surface area contributed by atoms with Gasteiger partial charge < -0.3 is 16.0 Å². The molecule has 1 saturated carbocycles. The highest BCUT2D eigenvalue weighted by molar-refractivity contribution is 5.80. The molecule has 2 aliphatic rings. The number of hydrogen-bond donors (Lipinski definition) is 2. The summed E-state index contributed by atoms with van der Waals surface area (Å²) in [6, 6.07) is 8.08. The predicted octanol–water partition coefficient (Wildman–Crippen LogP) is 3.63. The molecule has 2 fully saturated rings. The fourth-order valence-electron chi connectivity index (χ4n) is 5.06. The maximum absolute atomic E-state index is 13.2. The minimum atomic E-state index is -0.327. The smallest absolute Gasteiger partial charge is 0.193 e. The Morgan fingerprint density at radius 2 is 2.03 bits per heavy atom. The molecule has 0 amide bonds. The molecule has 0 radical (unpaired) electrons. The fourth-order valence-corrected chi connectivity index (χ4v) is 5.06. The number of aliphatic imine (C=N–C) groups is 1. The quantitative estimate of drug-likeness (QED) is 0.409. The lowest BCUT2D eigenvalue weighted by Gasteiger charge is -2.26. The molecule has 3 N–H and O–H groups in total. The van der Waals surface area contributed by atoms with Crippen molar-refractivity contribution in [1.29, 1.82) is 5.26 Å². The maximum Gasteiger partial charge on any atom is 0.193 e. The van der Waals surface area contributed by atoms with Crippen LogP contribution in [0.2, 0.25) is 0 Å². The molecule has 1 aromatic carbocycles. The lowest BCUT2D eigenvalue weighted by molar-refractivity contribution is 0.309. The van der Waals surface area contributed by atoms with E-state index in [4.69, 9.17) is 10.7 Å². The first-order valence-corrected chi connectivity index (χ1v) is 11.6. The molecule has 4 rings (SSSR count). The van der Waals surface area contributed by atoms with E-state index in [1.807, 2.05) is 0 Å². The van der Waals surface area contributed by atoms with Gasteiger partial charge in [-0.3, -0.25) is 4.99 Å². The van der Waals surface area contributed by atoms with Crippen molar-refractivity contribution in [3.8, 4) is 11.8 Å². The monoisotopic (exact) mass is 437 g/mol. The number of rotatable bonds is 6. The first kappa shape index (κ1) is 22.1. The van der Waals surface area contributed by atoms with Crippen molar-refractivity contribution in [2.75, 3.05) is 31.9 Å². The highest BCUT2D eigenvalue weighted by atomic mass is 19.1. The zero-order valence-electron chi connectivity index (χ0n) is 18.8. The SMILES string of the molecule is CCNC(=NCCCc1nn(-c2ccc(F)cc2)c(N)c1C#N)N1CCC2(CCCC2)C1. The van der Waals surface area contributed by atoms with Crippen molar-refractivity contribution in [3.63, 3.8) is 0 Å². The fraction of sp³-hybridized carbons (Fsp3) is 0.542. The predicted molar refractivity (Wildman–Crippen MR) is 124 cm³/mol.